The molecule has 0 aliphatic carbocycles. The lowest BCUT2D eigenvalue weighted by Gasteiger charge is -2.27. The molecule has 1 aromatic heterocycles. The molecule has 0 bridgehead atoms. The van der Waals surface area contributed by atoms with Gasteiger partial charge < -0.3 is 10.6 Å². The number of thiazole rings is 1. The molecule has 0 radical (unpaired) electrons. The maximum atomic E-state index is 11.9. The number of anilines is 1. The zero-order valence-electron chi connectivity index (χ0n) is 11.0. The zero-order valence-corrected chi connectivity index (χ0v) is 11.8. The third-order valence-corrected chi connectivity index (χ3v) is 4.34. The minimum Gasteiger partial charge on any atom is -0.316 e. The highest BCUT2D eigenvalue weighted by Gasteiger charge is 2.22. The molecule has 1 fully saturated rings. The van der Waals surface area contributed by atoms with Gasteiger partial charge in [-0.15, -0.1) is 11.3 Å². The Labute approximate surface area is 112 Å². The normalized spacial score (nSPS) is 21.6. The number of hydrogen-bond donors (Lipinski definition) is 2. The summed E-state index contributed by atoms with van der Waals surface area (Å²) in [5.41, 5.74) is 0. The first-order valence-electron chi connectivity index (χ1n) is 6.58. The Morgan fingerprint density at radius 2 is 2.56 bits per heavy atom. The van der Waals surface area contributed by atoms with Crippen molar-refractivity contribution in [2.24, 2.45) is 11.8 Å². The molecule has 2 unspecified atom stereocenters. The van der Waals surface area contributed by atoms with E-state index in [1.807, 2.05) is 6.92 Å². The van der Waals surface area contributed by atoms with Crippen LogP contribution in [0.1, 0.15) is 31.1 Å². The molecular weight excluding hydrogens is 246 g/mol. The van der Waals surface area contributed by atoms with Crippen LogP contribution in [0.5, 0.6) is 0 Å². The number of carbonyl (C=O) groups excluding carboxylic acids is 1. The molecule has 0 spiro atoms. The lowest BCUT2D eigenvalue weighted by molar-refractivity contribution is -0.117. The first kappa shape index (κ1) is 13.5. The lowest BCUT2D eigenvalue weighted by atomic mass is 9.85. The minimum atomic E-state index is 0.0856. The second kappa shape index (κ2) is 6.29. The molecule has 1 saturated heterocycles. The molecule has 2 N–H and O–H groups in total. The van der Waals surface area contributed by atoms with Gasteiger partial charge in [0.25, 0.3) is 0 Å². The molecule has 4 nitrogen and oxygen atoms in total. The predicted octanol–water partition coefficient (Wildman–Crippen LogP) is 2.42. The van der Waals surface area contributed by atoms with Crippen molar-refractivity contribution in [3.8, 4) is 0 Å². The Bertz CT molecular complexity index is 399. The second-order valence-corrected chi connectivity index (χ2v) is 6.35. The Balaban J connectivity index is 1.79. The molecule has 100 valence electrons. The fraction of sp³-hybridized carbons (Fsp3) is 0.692. The van der Waals surface area contributed by atoms with Crippen molar-refractivity contribution in [1.82, 2.24) is 10.3 Å². The van der Waals surface area contributed by atoms with Crippen molar-refractivity contribution in [3.05, 3.63) is 11.1 Å². The quantitative estimate of drug-likeness (QED) is 0.881. The Morgan fingerprint density at radius 3 is 3.17 bits per heavy atom. The average molecular weight is 267 g/mol. The van der Waals surface area contributed by atoms with Crippen molar-refractivity contribution in [1.29, 1.82) is 0 Å². The third kappa shape index (κ3) is 3.78. The maximum absolute atomic E-state index is 11.9. The topological polar surface area (TPSA) is 54.0 Å². The average Bonchev–Trinajstić information content (AvgIpc) is 2.75. The summed E-state index contributed by atoms with van der Waals surface area (Å²) in [5.74, 6) is 1.14. The van der Waals surface area contributed by atoms with Crippen LogP contribution in [-0.2, 0) is 4.79 Å². The predicted molar refractivity (Wildman–Crippen MR) is 74.9 cm³/mol. The molecule has 5 heteroatoms. The summed E-state index contributed by atoms with van der Waals surface area (Å²) in [6, 6.07) is 0. The summed E-state index contributed by atoms with van der Waals surface area (Å²) in [6.45, 7) is 6.33. The van der Waals surface area contributed by atoms with Crippen molar-refractivity contribution in [3.63, 3.8) is 0 Å². The standard InChI is InChI=1S/C13H21N3OS/c1-9(11-4-3-5-14-8-11)6-12(17)16-13-15-7-10(2)18-13/h7,9,11,14H,3-6,8H2,1-2H3,(H,15,16,17). The van der Waals surface area contributed by atoms with E-state index in [2.05, 4.69) is 22.5 Å². The van der Waals surface area contributed by atoms with Crippen molar-refractivity contribution < 1.29 is 4.79 Å². The van der Waals surface area contributed by atoms with Gasteiger partial charge in [0.05, 0.1) is 0 Å². The summed E-state index contributed by atoms with van der Waals surface area (Å²) in [5, 5.41) is 7.00. The van der Waals surface area contributed by atoms with Crippen LogP contribution >= 0.6 is 11.3 Å². The summed E-state index contributed by atoms with van der Waals surface area (Å²) < 4.78 is 0. The fourth-order valence-electron chi connectivity index (χ4n) is 2.41. The molecular formula is C13H21N3OS. The van der Waals surface area contributed by atoms with Crippen molar-refractivity contribution in [2.75, 3.05) is 18.4 Å². The minimum absolute atomic E-state index is 0.0856. The maximum Gasteiger partial charge on any atom is 0.226 e. The highest BCUT2D eigenvalue weighted by Crippen LogP contribution is 2.23. The van der Waals surface area contributed by atoms with Gasteiger partial charge in [-0.05, 0) is 44.7 Å². The van der Waals surface area contributed by atoms with Crippen LogP contribution in [0.2, 0.25) is 0 Å². The van der Waals surface area contributed by atoms with Crippen molar-refractivity contribution in [2.45, 2.75) is 33.1 Å². The Morgan fingerprint density at radius 1 is 1.72 bits per heavy atom. The van der Waals surface area contributed by atoms with Gasteiger partial charge in [-0.25, -0.2) is 4.98 Å². The van der Waals surface area contributed by atoms with Gasteiger partial charge in [-0.3, -0.25) is 4.79 Å². The SMILES string of the molecule is Cc1cnc(NC(=O)CC(C)C2CCCNC2)s1. The van der Waals surface area contributed by atoms with Gasteiger partial charge in [-0.2, -0.15) is 0 Å². The number of carbonyl (C=O) groups is 1. The van der Waals surface area contributed by atoms with Crippen LogP contribution in [-0.4, -0.2) is 24.0 Å². The van der Waals surface area contributed by atoms with Gasteiger partial charge in [0.15, 0.2) is 5.13 Å². The molecule has 1 amide bonds. The zero-order chi connectivity index (χ0) is 13.0. The molecule has 0 aromatic carbocycles. The van der Waals surface area contributed by atoms with Crippen LogP contribution in [0.15, 0.2) is 6.20 Å². The molecule has 2 heterocycles. The van der Waals surface area contributed by atoms with Crippen molar-refractivity contribution >= 4 is 22.4 Å². The second-order valence-electron chi connectivity index (χ2n) is 5.11. The molecule has 2 rings (SSSR count). The number of rotatable bonds is 4. The van der Waals surface area contributed by atoms with E-state index in [0.29, 0.717) is 23.4 Å². The molecule has 1 aromatic rings. The third-order valence-electron chi connectivity index (χ3n) is 3.51. The van der Waals surface area contributed by atoms with E-state index in [9.17, 15) is 4.79 Å². The van der Waals surface area contributed by atoms with Gasteiger partial charge >= 0.3 is 0 Å². The van der Waals surface area contributed by atoms with Crippen LogP contribution < -0.4 is 10.6 Å². The van der Waals surface area contributed by atoms with Gasteiger partial charge in [-0.1, -0.05) is 6.92 Å². The van der Waals surface area contributed by atoms with E-state index in [1.54, 1.807) is 6.20 Å². The smallest absolute Gasteiger partial charge is 0.226 e. The van der Waals surface area contributed by atoms with E-state index >= 15 is 0 Å². The molecule has 18 heavy (non-hydrogen) atoms. The Kier molecular flexibility index (Phi) is 4.72. The van der Waals surface area contributed by atoms with Gasteiger partial charge in [0.2, 0.25) is 5.91 Å². The number of aromatic nitrogens is 1. The highest BCUT2D eigenvalue weighted by atomic mass is 32.1. The summed E-state index contributed by atoms with van der Waals surface area (Å²) >= 11 is 1.52. The van der Waals surface area contributed by atoms with Gasteiger partial charge in [0, 0.05) is 17.5 Å². The van der Waals surface area contributed by atoms with Crippen LogP contribution in [0.3, 0.4) is 0 Å². The number of nitrogens with zero attached hydrogens (tertiary/aromatic N) is 1. The molecule has 1 aliphatic heterocycles. The van der Waals surface area contributed by atoms with E-state index < -0.39 is 0 Å². The van der Waals surface area contributed by atoms with Crippen LogP contribution in [0.25, 0.3) is 0 Å². The summed E-state index contributed by atoms with van der Waals surface area (Å²) in [4.78, 5) is 17.2. The molecule has 1 aliphatic rings. The van der Waals surface area contributed by atoms with E-state index in [1.165, 1.54) is 24.2 Å². The lowest BCUT2D eigenvalue weighted by Crippen LogP contribution is -2.34. The molecule has 0 saturated carbocycles. The summed E-state index contributed by atoms with van der Waals surface area (Å²) in [7, 11) is 0. The number of hydrogen-bond acceptors (Lipinski definition) is 4. The highest BCUT2D eigenvalue weighted by molar-refractivity contribution is 7.15. The number of aryl methyl sites for hydroxylation is 1. The monoisotopic (exact) mass is 267 g/mol. The summed E-state index contributed by atoms with van der Waals surface area (Å²) in [6.07, 6.45) is 4.83. The van der Waals surface area contributed by atoms with E-state index in [-0.39, 0.29) is 5.91 Å². The number of amides is 1. The largest absolute Gasteiger partial charge is 0.316 e. The van der Waals surface area contributed by atoms with E-state index in [4.69, 9.17) is 0 Å². The van der Waals surface area contributed by atoms with Gasteiger partial charge in [0.1, 0.15) is 0 Å². The number of piperidine rings is 1. The van der Waals surface area contributed by atoms with E-state index in [0.717, 1.165) is 18.0 Å². The molecule has 2 atom stereocenters. The van der Waals surface area contributed by atoms with Crippen LogP contribution in [0.4, 0.5) is 5.13 Å². The fourth-order valence-corrected chi connectivity index (χ4v) is 3.09. The number of nitrogens with one attached hydrogen (secondary N) is 2. The first-order chi connectivity index (χ1) is 8.65. The first-order valence-corrected chi connectivity index (χ1v) is 7.40. The Hall–Kier alpha value is -0.940. The van der Waals surface area contributed by atoms with Crippen LogP contribution in [0, 0.1) is 18.8 Å².